The number of nitrogens with one attached hydrogen (secondary N) is 1. The fourth-order valence-corrected chi connectivity index (χ4v) is 5.17. The lowest BCUT2D eigenvalue weighted by atomic mass is 9.94. The van der Waals surface area contributed by atoms with Crippen molar-refractivity contribution in [1.82, 2.24) is 29.4 Å². The summed E-state index contributed by atoms with van der Waals surface area (Å²) < 4.78 is 1.60. The van der Waals surface area contributed by atoms with Crippen LogP contribution in [0.25, 0.3) is 5.65 Å². The minimum absolute atomic E-state index is 0.00241. The number of fused-ring (bicyclic) bond motifs is 2. The van der Waals surface area contributed by atoms with Gasteiger partial charge in [-0.3, -0.25) is 24.6 Å². The number of aromatic amines is 1. The van der Waals surface area contributed by atoms with Crippen LogP contribution in [0.5, 0.6) is 0 Å². The van der Waals surface area contributed by atoms with Gasteiger partial charge >= 0.3 is 0 Å². The number of nitrogens with zero attached hydrogens (tertiary/aromatic N) is 5. The molecule has 3 aliphatic rings. The third-order valence-corrected chi connectivity index (χ3v) is 7.12. The van der Waals surface area contributed by atoms with Crippen LogP contribution < -0.4 is 5.56 Å². The molecule has 1 atom stereocenters. The number of H-pyrrole nitrogens is 1. The summed E-state index contributed by atoms with van der Waals surface area (Å²) in [5.41, 5.74) is 4.60. The van der Waals surface area contributed by atoms with Gasteiger partial charge in [-0.1, -0.05) is 0 Å². The zero-order valence-corrected chi connectivity index (χ0v) is 18.2. The van der Waals surface area contributed by atoms with E-state index in [1.807, 2.05) is 23.1 Å². The molecule has 8 nitrogen and oxygen atoms in total. The Hall–Kier alpha value is -3.00. The van der Waals surface area contributed by atoms with Gasteiger partial charge in [-0.2, -0.15) is 0 Å². The maximum absolute atomic E-state index is 13.3. The van der Waals surface area contributed by atoms with E-state index < -0.39 is 0 Å². The summed E-state index contributed by atoms with van der Waals surface area (Å²) in [4.78, 5) is 39.1. The van der Waals surface area contributed by atoms with Gasteiger partial charge in [0.2, 0.25) is 5.91 Å². The molecule has 32 heavy (non-hydrogen) atoms. The van der Waals surface area contributed by atoms with Gasteiger partial charge in [0, 0.05) is 75.1 Å². The number of rotatable bonds is 4. The van der Waals surface area contributed by atoms with Gasteiger partial charge in [-0.25, -0.2) is 9.50 Å². The predicted octanol–water partition coefficient (Wildman–Crippen LogP) is 2.09. The Morgan fingerprint density at radius 2 is 2.00 bits per heavy atom. The Morgan fingerprint density at radius 3 is 2.81 bits per heavy atom. The average molecular weight is 433 g/mol. The number of hydrogen-bond donors (Lipinski definition) is 1. The van der Waals surface area contributed by atoms with Crippen molar-refractivity contribution in [2.75, 3.05) is 19.6 Å². The van der Waals surface area contributed by atoms with E-state index in [1.54, 1.807) is 16.9 Å². The lowest BCUT2D eigenvalue weighted by Gasteiger charge is -2.32. The number of hydrogen-bond acceptors (Lipinski definition) is 5. The molecule has 1 saturated heterocycles. The highest BCUT2D eigenvalue weighted by molar-refractivity contribution is 5.81. The molecule has 166 valence electrons. The molecule has 5 heterocycles. The standard InChI is InChI=1S/C24H28N6O2/c31-23(17-3-4-17)29-10-1-2-18(14-29)21-12-22-26-20-7-11-28(13-16-5-8-25-9-6-16)15-19(20)24(32)30(22)27-21/h5-6,8-9,12,17-18,27H,1-4,7,10-11,13-15H2/t18-/m0/s1. The van der Waals surface area contributed by atoms with Crippen LogP contribution in [0, 0.1) is 5.92 Å². The van der Waals surface area contributed by atoms with Crippen molar-refractivity contribution in [2.45, 2.75) is 51.1 Å². The Bertz CT molecular complexity index is 1210. The molecule has 8 heteroatoms. The number of carbonyl (C=O) groups is 1. The molecule has 0 radical (unpaired) electrons. The maximum Gasteiger partial charge on any atom is 0.277 e. The van der Waals surface area contributed by atoms with Crippen LogP contribution in [-0.4, -0.2) is 54.9 Å². The topological polar surface area (TPSA) is 86.6 Å². The van der Waals surface area contributed by atoms with Gasteiger partial charge in [-0.15, -0.1) is 0 Å². The molecule has 1 saturated carbocycles. The molecule has 0 unspecified atom stereocenters. The van der Waals surface area contributed by atoms with E-state index >= 15 is 0 Å². The van der Waals surface area contributed by atoms with E-state index in [9.17, 15) is 9.59 Å². The van der Waals surface area contributed by atoms with Crippen LogP contribution >= 0.6 is 0 Å². The van der Waals surface area contributed by atoms with Crippen LogP contribution in [0.1, 0.15) is 54.1 Å². The largest absolute Gasteiger partial charge is 0.342 e. The molecule has 1 amide bonds. The molecule has 2 aliphatic heterocycles. The molecule has 3 aromatic heterocycles. The lowest BCUT2D eigenvalue weighted by molar-refractivity contribution is -0.133. The molecule has 1 N–H and O–H groups in total. The van der Waals surface area contributed by atoms with Gasteiger partial charge in [0.25, 0.3) is 5.56 Å². The van der Waals surface area contributed by atoms with Crippen LogP contribution in [0.15, 0.2) is 35.4 Å². The van der Waals surface area contributed by atoms with Gasteiger partial charge in [0.1, 0.15) is 0 Å². The second-order valence-electron chi connectivity index (χ2n) is 9.46. The fraction of sp³-hybridized carbons (Fsp3) is 0.500. The molecule has 1 aliphatic carbocycles. The summed E-state index contributed by atoms with van der Waals surface area (Å²) in [5, 5.41) is 3.33. The second-order valence-corrected chi connectivity index (χ2v) is 9.46. The summed E-state index contributed by atoms with van der Waals surface area (Å²) >= 11 is 0. The first-order chi connectivity index (χ1) is 15.7. The van der Waals surface area contributed by atoms with Gasteiger partial charge in [0.15, 0.2) is 5.65 Å². The normalized spacial score (nSPS) is 21.6. The van der Waals surface area contributed by atoms with Crippen LogP contribution in [-0.2, 0) is 24.3 Å². The summed E-state index contributed by atoms with van der Waals surface area (Å²) in [5.74, 6) is 0.793. The first-order valence-electron chi connectivity index (χ1n) is 11.7. The predicted molar refractivity (Wildman–Crippen MR) is 119 cm³/mol. The zero-order valence-electron chi connectivity index (χ0n) is 18.2. The van der Waals surface area contributed by atoms with E-state index in [0.717, 1.165) is 75.2 Å². The average Bonchev–Trinajstić information content (AvgIpc) is 3.59. The van der Waals surface area contributed by atoms with E-state index in [-0.39, 0.29) is 17.4 Å². The molecule has 0 bridgehead atoms. The lowest BCUT2D eigenvalue weighted by Crippen LogP contribution is -2.40. The van der Waals surface area contributed by atoms with Crippen molar-refractivity contribution in [3.63, 3.8) is 0 Å². The third-order valence-electron chi connectivity index (χ3n) is 7.12. The zero-order chi connectivity index (χ0) is 21.7. The molecule has 0 spiro atoms. The van der Waals surface area contributed by atoms with Gasteiger partial charge < -0.3 is 4.90 Å². The van der Waals surface area contributed by atoms with Gasteiger partial charge in [-0.05, 0) is 43.4 Å². The minimum Gasteiger partial charge on any atom is -0.342 e. The van der Waals surface area contributed by atoms with Gasteiger partial charge in [0.05, 0.1) is 11.3 Å². The Labute approximate surface area is 186 Å². The van der Waals surface area contributed by atoms with E-state index in [1.165, 1.54) is 5.56 Å². The van der Waals surface area contributed by atoms with Crippen molar-refractivity contribution in [1.29, 1.82) is 0 Å². The monoisotopic (exact) mass is 432 g/mol. The summed E-state index contributed by atoms with van der Waals surface area (Å²) in [6.07, 6.45) is 8.48. The summed E-state index contributed by atoms with van der Waals surface area (Å²) in [6.45, 7) is 3.87. The molecular formula is C24H28N6O2. The van der Waals surface area contributed by atoms with Crippen molar-refractivity contribution in [2.24, 2.45) is 5.92 Å². The van der Waals surface area contributed by atoms with Crippen LogP contribution in [0.3, 0.4) is 0 Å². The third kappa shape index (κ3) is 3.62. The number of likely N-dealkylation sites (tertiary alicyclic amines) is 1. The van der Waals surface area contributed by atoms with Crippen molar-refractivity contribution < 1.29 is 4.79 Å². The van der Waals surface area contributed by atoms with Crippen LogP contribution in [0.4, 0.5) is 0 Å². The Balaban J connectivity index is 1.25. The number of amides is 1. The summed E-state index contributed by atoms with van der Waals surface area (Å²) in [7, 11) is 0. The van der Waals surface area contributed by atoms with E-state index in [0.29, 0.717) is 18.1 Å². The summed E-state index contributed by atoms with van der Waals surface area (Å²) in [6, 6.07) is 6.05. The highest BCUT2D eigenvalue weighted by atomic mass is 16.2. The molecule has 3 aromatic rings. The quantitative estimate of drug-likeness (QED) is 0.682. The van der Waals surface area contributed by atoms with E-state index in [2.05, 4.69) is 15.0 Å². The fourth-order valence-electron chi connectivity index (χ4n) is 5.17. The van der Waals surface area contributed by atoms with Crippen LogP contribution in [0.2, 0.25) is 0 Å². The Morgan fingerprint density at radius 1 is 1.16 bits per heavy atom. The SMILES string of the molecule is O=C(C1CC1)N1CCC[C@H](c2cc3nc4c(c(=O)n3[nH]2)CN(Cc2ccncc2)CC4)C1. The van der Waals surface area contributed by atoms with Crippen molar-refractivity contribution in [3.05, 3.63) is 63.5 Å². The Kier molecular flexibility index (Phi) is 4.82. The number of pyridine rings is 1. The number of piperidine rings is 1. The first-order valence-corrected chi connectivity index (χ1v) is 11.7. The first kappa shape index (κ1) is 19.7. The number of carbonyl (C=O) groups excluding carboxylic acids is 1. The minimum atomic E-state index is -0.00241. The second kappa shape index (κ2) is 7.85. The molecule has 6 rings (SSSR count). The molecular weight excluding hydrogens is 404 g/mol. The van der Waals surface area contributed by atoms with Crippen molar-refractivity contribution >= 4 is 11.6 Å². The maximum atomic E-state index is 13.3. The number of aromatic nitrogens is 4. The highest BCUT2D eigenvalue weighted by Gasteiger charge is 2.36. The highest BCUT2D eigenvalue weighted by Crippen LogP contribution is 2.34. The van der Waals surface area contributed by atoms with E-state index in [4.69, 9.17) is 4.98 Å². The smallest absolute Gasteiger partial charge is 0.277 e. The molecule has 0 aromatic carbocycles. The van der Waals surface area contributed by atoms with Crippen molar-refractivity contribution in [3.8, 4) is 0 Å². The molecule has 2 fully saturated rings.